The number of hydrogen-bond donors (Lipinski definition) is 2. The molecular weight excluding hydrogens is 423 g/mol. The van der Waals surface area contributed by atoms with E-state index in [0.29, 0.717) is 31.1 Å². The van der Waals surface area contributed by atoms with Crippen LogP contribution in [0.3, 0.4) is 0 Å². The van der Waals surface area contributed by atoms with E-state index in [1.165, 1.54) is 0 Å². The minimum absolute atomic E-state index is 0.0786. The largest absolute Gasteiger partial charge is 0.477 e. The lowest BCUT2D eigenvalue weighted by Gasteiger charge is -2.26. The third-order valence-corrected chi connectivity index (χ3v) is 5.58. The van der Waals surface area contributed by atoms with Crippen molar-refractivity contribution in [2.24, 2.45) is 5.73 Å². The van der Waals surface area contributed by atoms with E-state index in [1.807, 2.05) is 0 Å². The van der Waals surface area contributed by atoms with Gasteiger partial charge in [-0.25, -0.2) is 18.0 Å². The van der Waals surface area contributed by atoms with Gasteiger partial charge in [0.15, 0.2) is 0 Å². The molecule has 3 aromatic rings. The summed E-state index contributed by atoms with van der Waals surface area (Å²) in [5.74, 6) is -4.10. The van der Waals surface area contributed by atoms with Gasteiger partial charge in [0.05, 0.1) is 22.3 Å². The molecule has 4 rings (SSSR count). The van der Waals surface area contributed by atoms with E-state index in [4.69, 9.17) is 5.73 Å². The fourth-order valence-corrected chi connectivity index (χ4v) is 4.17. The number of carbonyl (C=O) groups is 1. The molecule has 0 radical (unpaired) electrons. The molecule has 1 aromatic heterocycles. The Morgan fingerprint density at radius 2 is 1.94 bits per heavy atom. The molecule has 32 heavy (non-hydrogen) atoms. The second-order valence-corrected chi connectivity index (χ2v) is 7.90. The quantitative estimate of drug-likeness (QED) is 0.642. The van der Waals surface area contributed by atoms with Crippen LogP contribution in [0.4, 0.5) is 18.9 Å². The number of nitrogens with zero attached hydrogens (tertiary/aromatic N) is 2. The SMILES string of the molecule is C=C(C)c1c(N2CCC(N)C2)c(F)cc2c(=O)c(C(=O)O)cn(-c3ccc(F)cc3F)c12. The lowest BCUT2D eigenvalue weighted by Crippen LogP contribution is -2.28. The van der Waals surface area contributed by atoms with Gasteiger partial charge >= 0.3 is 5.97 Å². The summed E-state index contributed by atoms with van der Waals surface area (Å²) in [4.78, 5) is 26.4. The lowest BCUT2D eigenvalue weighted by molar-refractivity contribution is 0.0695. The van der Waals surface area contributed by atoms with Crippen molar-refractivity contribution in [3.05, 3.63) is 75.8 Å². The molecule has 1 fully saturated rings. The number of hydrogen-bond acceptors (Lipinski definition) is 4. The van der Waals surface area contributed by atoms with Crippen LogP contribution < -0.4 is 16.1 Å². The number of allylic oxidation sites excluding steroid dienone is 1. The van der Waals surface area contributed by atoms with E-state index < -0.39 is 34.4 Å². The van der Waals surface area contributed by atoms with Crippen molar-refractivity contribution in [2.75, 3.05) is 18.0 Å². The van der Waals surface area contributed by atoms with Gasteiger partial charge in [-0.1, -0.05) is 6.58 Å². The molecule has 0 spiro atoms. The molecule has 0 amide bonds. The minimum atomic E-state index is -1.56. The number of nitrogens with two attached hydrogens (primary N) is 1. The van der Waals surface area contributed by atoms with Gasteiger partial charge < -0.3 is 20.3 Å². The molecule has 6 nitrogen and oxygen atoms in total. The maximum Gasteiger partial charge on any atom is 0.341 e. The molecule has 0 aliphatic carbocycles. The zero-order chi connectivity index (χ0) is 23.3. The summed E-state index contributed by atoms with van der Waals surface area (Å²) < 4.78 is 44.8. The minimum Gasteiger partial charge on any atom is -0.477 e. The van der Waals surface area contributed by atoms with Crippen molar-refractivity contribution in [3.63, 3.8) is 0 Å². The van der Waals surface area contributed by atoms with Gasteiger partial charge in [-0.05, 0) is 37.1 Å². The molecule has 166 valence electrons. The molecule has 1 unspecified atom stereocenters. The van der Waals surface area contributed by atoms with Crippen molar-refractivity contribution in [1.29, 1.82) is 0 Å². The Kier molecular flexibility index (Phi) is 5.29. The average molecular weight is 443 g/mol. The highest BCUT2D eigenvalue weighted by Gasteiger charge is 2.29. The van der Waals surface area contributed by atoms with Crippen LogP contribution in [-0.4, -0.2) is 34.8 Å². The number of halogens is 3. The van der Waals surface area contributed by atoms with Crippen LogP contribution in [0.25, 0.3) is 22.2 Å². The Morgan fingerprint density at radius 3 is 2.50 bits per heavy atom. The smallest absolute Gasteiger partial charge is 0.341 e. The highest BCUT2D eigenvalue weighted by atomic mass is 19.1. The number of benzene rings is 2. The zero-order valence-electron chi connectivity index (χ0n) is 17.2. The van der Waals surface area contributed by atoms with Crippen LogP contribution in [0.2, 0.25) is 0 Å². The maximum atomic E-state index is 15.4. The summed E-state index contributed by atoms with van der Waals surface area (Å²) in [5, 5.41) is 9.26. The van der Waals surface area contributed by atoms with E-state index in [0.717, 1.165) is 29.0 Å². The van der Waals surface area contributed by atoms with E-state index in [1.54, 1.807) is 11.8 Å². The molecule has 1 aliphatic heterocycles. The zero-order valence-corrected chi connectivity index (χ0v) is 17.2. The Morgan fingerprint density at radius 1 is 1.22 bits per heavy atom. The number of anilines is 1. The van der Waals surface area contributed by atoms with Crippen molar-refractivity contribution in [1.82, 2.24) is 4.57 Å². The van der Waals surface area contributed by atoms with Gasteiger partial charge in [0, 0.05) is 37.0 Å². The summed E-state index contributed by atoms with van der Waals surface area (Å²) in [7, 11) is 0. The summed E-state index contributed by atoms with van der Waals surface area (Å²) in [5.41, 5.74) is 5.03. The van der Waals surface area contributed by atoms with E-state index in [9.17, 15) is 23.5 Å². The Labute approximate surface area is 181 Å². The fraction of sp³-hybridized carbons (Fsp3) is 0.217. The fourth-order valence-electron chi connectivity index (χ4n) is 4.17. The summed E-state index contributed by atoms with van der Waals surface area (Å²) in [6, 6.07) is 3.55. The molecule has 3 N–H and O–H groups in total. The lowest BCUT2D eigenvalue weighted by atomic mass is 9.98. The monoisotopic (exact) mass is 443 g/mol. The molecule has 2 aromatic carbocycles. The molecule has 1 saturated heterocycles. The van der Waals surface area contributed by atoms with E-state index in [2.05, 4.69) is 6.58 Å². The van der Waals surface area contributed by atoms with Crippen LogP contribution >= 0.6 is 0 Å². The molecule has 1 aliphatic rings. The van der Waals surface area contributed by atoms with Crippen molar-refractivity contribution in [2.45, 2.75) is 19.4 Å². The average Bonchev–Trinajstić information content (AvgIpc) is 3.13. The van der Waals surface area contributed by atoms with Gasteiger partial charge in [0.2, 0.25) is 5.43 Å². The Bertz CT molecular complexity index is 1350. The molecule has 1 atom stereocenters. The number of carboxylic acid groups (broad SMARTS) is 1. The highest BCUT2D eigenvalue weighted by Crippen LogP contribution is 2.38. The predicted molar refractivity (Wildman–Crippen MR) is 116 cm³/mol. The van der Waals surface area contributed by atoms with Crippen molar-refractivity contribution < 1.29 is 23.1 Å². The first-order valence-corrected chi connectivity index (χ1v) is 9.87. The number of pyridine rings is 1. The second-order valence-electron chi connectivity index (χ2n) is 7.90. The number of aromatic carboxylic acids is 1. The number of aromatic nitrogens is 1. The van der Waals surface area contributed by atoms with Gasteiger partial charge in [-0.2, -0.15) is 0 Å². The Balaban J connectivity index is 2.21. The van der Waals surface area contributed by atoms with Gasteiger partial charge in [-0.3, -0.25) is 4.79 Å². The first-order chi connectivity index (χ1) is 15.1. The maximum absolute atomic E-state index is 15.4. The van der Waals surface area contributed by atoms with E-state index in [-0.39, 0.29) is 33.9 Å². The number of fused-ring (bicyclic) bond motifs is 1. The summed E-state index contributed by atoms with van der Waals surface area (Å²) in [6.45, 7) is 6.35. The first kappa shape index (κ1) is 21.6. The molecule has 0 saturated carbocycles. The van der Waals surface area contributed by atoms with Crippen LogP contribution in [0.15, 0.2) is 41.8 Å². The first-order valence-electron chi connectivity index (χ1n) is 9.87. The molecule has 0 bridgehead atoms. The summed E-state index contributed by atoms with van der Waals surface area (Å²) in [6.07, 6.45) is 1.59. The van der Waals surface area contributed by atoms with Crippen molar-refractivity contribution >= 4 is 28.1 Å². The third kappa shape index (κ3) is 3.44. The normalized spacial score (nSPS) is 16.0. The Hall–Kier alpha value is -3.59. The van der Waals surface area contributed by atoms with Crippen LogP contribution in [0, 0.1) is 17.5 Å². The predicted octanol–water partition coefficient (Wildman–Crippen LogP) is 3.68. The van der Waals surface area contributed by atoms with Crippen LogP contribution in [0.1, 0.15) is 29.3 Å². The highest BCUT2D eigenvalue weighted by molar-refractivity contribution is 6.01. The molecule has 9 heteroatoms. The molecule has 2 heterocycles. The molecular formula is C23H20F3N3O3. The van der Waals surface area contributed by atoms with Gasteiger partial charge in [0.1, 0.15) is 23.0 Å². The number of rotatable bonds is 4. The number of carboxylic acids is 1. The standard InChI is InChI=1S/C23H20F3N3O3/c1-11(2)19-20-14(8-17(26)21(19)28-6-5-13(27)9-28)22(30)15(23(31)32)10-29(20)18-4-3-12(24)7-16(18)25/h3-4,7-8,10,13H,1,5-6,9,27H2,2H3,(H,31,32). The third-order valence-electron chi connectivity index (χ3n) is 5.58. The summed E-state index contributed by atoms with van der Waals surface area (Å²) >= 11 is 0. The van der Waals surface area contributed by atoms with Crippen LogP contribution in [0.5, 0.6) is 0 Å². The van der Waals surface area contributed by atoms with Gasteiger partial charge in [0.25, 0.3) is 0 Å². The van der Waals surface area contributed by atoms with Crippen LogP contribution in [-0.2, 0) is 0 Å². The second kappa shape index (κ2) is 7.83. The van der Waals surface area contributed by atoms with E-state index >= 15 is 4.39 Å². The topological polar surface area (TPSA) is 88.6 Å². The van der Waals surface area contributed by atoms with Gasteiger partial charge in [-0.15, -0.1) is 0 Å². The van der Waals surface area contributed by atoms with Crippen molar-refractivity contribution in [3.8, 4) is 5.69 Å².